The van der Waals surface area contributed by atoms with Gasteiger partial charge < -0.3 is 10.6 Å². The van der Waals surface area contributed by atoms with E-state index in [-0.39, 0.29) is 0 Å². The largest absolute Gasteiger partial charge is 0.328 e. The van der Waals surface area contributed by atoms with Crippen LogP contribution in [-0.2, 0) is 0 Å². The van der Waals surface area contributed by atoms with Crippen LogP contribution in [0.2, 0.25) is 0 Å². The summed E-state index contributed by atoms with van der Waals surface area (Å²) in [5.41, 5.74) is 6.09. The van der Waals surface area contributed by atoms with Gasteiger partial charge in [-0.25, -0.2) is 0 Å². The van der Waals surface area contributed by atoms with Crippen molar-refractivity contribution >= 4 is 0 Å². The van der Waals surface area contributed by atoms with Crippen molar-refractivity contribution in [3.8, 4) is 0 Å². The van der Waals surface area contributed by atoms with Crippen molar-refractivity contribution in [3.63, 3.8) is 0 Å². The zero-order valence-electron chi connectivity index (χ0n) is 11.5. The molecule has 100 valence electrons. The minimum Gasteiger partial charge on any atom is -0.328 e. The monoisotopic (exact) mass is 238 g/mol. The Balaban J connectivity index is 1.86. The second-order valence-corrected chi connectivity index (χ2v) is 6.26. The van der Waals surface area contributed by atoms with Gasteiger partial charge in [-0.1, -0.05) is 32.1 Å². The number of hydrogen-bond donors (Lipinski definition) is 1. The Morgan fingerprint density at radius 1 is 0.941 bits per heavy atom. The Labute approximate surface area is 107 Å². The molecule has 17 heavy (non-hydrogen) atoms. The van der Waals surface area contributed by atoms with E-state index in [0.717, 1.165) is 12.0 Å². The Morgan fingerprint density at radius 2 is 1.59 bits per heavy atom. The van der Waals surface area contributed by atoms with E-state index in [2.05, 4.69) is 11.8 Å². The summed E-state index contributed by atoms with van der Waals surface area (Å²) in [4.78, 5) is 2.77. The van der Waals surface area contributed by atoms with E-state index in [9.17, 15) is 0 Å². The summed E-state index contributed by atoms with van der Waals surface area (Å²) < 4.78 is 0. The molecular weight excluding hydrogens is 208 g/mol. The van der Waals surface area contributed by atoms with Crippen LogP contribution in [0.5, 0.6) is 0 Å². The van der Waals surface area contributed by atoms with Crippen molar-refractivity contribution in [1.82, 2.24) is 4.90 Å². The molecule has 0 bridgehead atoms. The first kappa shape index (κ1) is 13.4. The highest BCUT2D eigenvalue weighted by atomic mass is 15.2. The first-order valence-corrected chi connectivity index (χ1v) is 7.77. The van der Waals surface area contributed by atoms with Gasteiger partial charge in [-0.2, -0.15) is 0 Å². The van der Waals surface area contributed by atoms with Gasteiger partial charge in [0.1, 0.15) is 0 Å². The number of nitrogens with two attached hydrogens (primary N) is 1. The van der Waals surface area contributed by atoms with Gasteiger partial charge in [0, 0.05) is 18.6 Å². The van der Waals surface area contributed by atoms with Crippen molar-refractivity contribution < 1.29 is 0 Å². The van der Waals surface area contributed by atoms with E-state index >= 15 is 0 Å². The summed E-state index contributed by atoms with van der Waals surface area (Å²) in [5, 5.41) is 0. The lowest BCUT2D eigenvalue weighted by atomic mass is 9.88. The highest BCUT2D eigenvalue weighted by molar-refractivity contribution is 4.83. The lowest BCUT2D eigenvalue weighted by molar-refractivity contribution is 0.0972. The Morgan fingerprint density at radius 3 is 2.24 bits per heavy atom. The first-order chi connectivity index (χ1) is 8.27. The maximum Gasteiger partial charge on any atom is 0.00953 e. The Kier molecular flexibility index (Phi) is 5.30. The van der Waals surface area contributed by atoms with Gasteiger partial charge >= 0.3 is 0 Å². The summed E-state index contributed by atoms with van der Waals surface area (Å²) in [6.45, 7) is 4.78. The van der Waals surface area contributed by atoms with Crippen molar-refractivity contribution in [1.29, 1.82) is 0 Å². The third kappa shape index (κ3) is 3.96. The van der Waals surface area contributed by atoms with E-state index in [1.165, 1.54) is 70.9 Å². The third-order valence-electron chi connectivity index (χ3n) is 4.82. The molecule has 1 aliphatic heterocycles. The number of rotatable bonds is 2. The molecule has 0 radical (unpaired) electrons. The molecule has 1 saturated carbocycles. The molecule has 1 aliphatic carbocycles. The van der Waals surface area contributed by atoms with Crippen LogP contribution in [0.3, 0.4) is 0 Å². The molecule has 2 rings (SSSR count). The second kappa shape index (κ2) is 6.75. The second-order valence-electron chi connectivity index (χ2n) is 6.26. The molecule has 2 heteroatoms. The fourth-order valence-corrected chi connectivity index (χ4v) is 3.60. The SMILES string of the molecule is CC(N)C1CCCN(C2CCCCCCC2)C1. The summed E-state index contributed by atoms with van der Waals surface area (Å²) in [7, 11) is 0. The summed E-state index contributed by atoms with van der Waals surface area (Å²) in [6.07, 6.45) is 12.9. The molecule has 2 N–H and O–H groups in total. The van der Waals surface area contributed by atoms with Crippen LogP contribution in [0.25, 0.3) is 0 Å². The average Bonchev–Trinajstić information content (AvgIpc) is 2.28. The molecule has 1 heterocycles. The summed E-state index contributed by atoms with van der Waals surface area (Å²) in [6, 6.07) is 1.25. The predicted octanol–water partition coefficient (Wildman–Crippen LogP) is 3.16. The van der Waals surface area contributed by atoms with Gasteiger partial charge in [-0.3, -0.25) is 0 Å². The maximum absolute atomic E-state index is 6.09. The molecule has 2 unspecified atom stereocenters. The molecule has 0 aromatic rings. The van der Waals surface area contributed by atoms with Crippen molar-refractivity contribution in [2.45, 2.75) is 76.8 Å². The van der Waals surface area contributed by atoms with E-state index < -0.39 is 0 Å². The molecule has 2 nitrogen and oxygen atoms in total. The van der Waals surface area contributed by atoms with Crippen molar-refractivity contribution in [2.24, 2.45) is 11.7 Å². The van der Waals surface area contributed by atoms with E-state index in [1.807, 2.05) is 0 Å². The summed E-state index contributed by atoms with van der Waals surface area (Å²) in [5.74, 6) is 0.745. The highest BCUT2D eigenvalue weighted by Gasteiger charge is 2.27. The quantitative estimate of drug-likeness (QED) is 0.800. The van der Waals surface area contributed by atoms with E-state index in [4.69, 9.17) is 5.73 Å². The van der Waals surface area contributed by atoms with Crippen LogP contribution in [-0.4, -0.2) is 30.1 Å². The van der Waals surface area contributed by atoms with Crippen LogP contribution >= 0.6 is 0 Å². The van der Waals surface area contributed by atoms with Gasteiger partial charge in [-0.05, 0) is 45.1 Å². The van der Waals surface area contributed by atoms with Crippen molar-refractivity contribution in [2.75, 3.05) is 13.1 Å². The molecule has 0 spiro atoms. The first-order valence-electron chi connectivity index (χ1n) is 7.77. The average molecular weight is 238 g/mol. The minimum atomic E-state index is 0.381. The van der Waals surface area contributed by atoms with Crippen molar-refractivity contribution in [3.05, 3.63) is 0 Å². The fraction of sp³-hybridized carbons (Fsp3) is 1.00. The van der Waals surface area contributed by atoms with Gasteiger partial charge in [0.15, 0.2) is 0 Å². The molecule has 2 fully saturated rings. The van der Waals surface area contributed by atoms with Crippen LogP contribution in [0, 0.1) is 5.92 Å². The van der Waals surface area contributed by atoms with Crippen LogP contribution in [0.1, 0.15) is 64.7 Å². The van der Waals surface area contributed by atoms with Crippen LogP contribution < -0.4 is 5.73 Å². The predicted molar refractivity (Wildman–Crippen MR) is 74.1 cm³/mol. The normalized spacial score (nSPS) is 31.8. The van der Waals surface area contributed by atoms with Gasteiger partial charge in [-0.15, -0.1) is 0 Å². The lowest BCUT2D eigenvalue weighted by Crippen LogP contribution is -2.47. The van der Waals surface area contributed by atoms with Gasteiger partial charge in [0.2, 0.25) is 0 Å². The van der Waals surface area contributed by atoms with E-state index in [1.54, 1.807) is 0 Å². The smallest absolute Gasteiger partial charge is 0.00953 e. The molecule has 0 aromatic carbocycles. The number of piperidine rings is 1. The molecular formula is C15H30N2. The topological polar surface area (TPSA) is 29.3 Å². The Bertz CT molecular complexity index is 207. The lowest BCUT2D eigenvalue weighted by Gasteiger charge is -2.40. The zero-order valence-corrected chi connectivity index (χ0v) is 11.5. The maximum atomic E-state index is 6.09. The van der Waals surface area contributed by atoms with Gasteiger partial charge in [0.25, 0.3) is 0 Å². The van der Waals surface area contributed by atoms with E-state index in [0.29, 0.717) is 6.04 Å². The third-order valence-corrected chi connectivity index (χ3v) is 4.82. The zero-order chi connectivity index (χ0) is 12.1. The highest BCUT2D eigenvalue weighted by Crippen LogP contribution is 2.26. The van der Waals surface area contributed by atoms with Crippen LogP contribution in [0.15, 0.2) is 0 Å². The fourth-order valence-electron chi connectivity index (χ4n) is 3.60. The molecule has 2 atom stereocenters. The Hall–Kier alpha value is -0.0800. The molecule has 0 amide bonds. The number of likely N-dealkylation sites (tertiary alicyclic amines) is 1. The summed E-state index contributed by atoms with van der Waals surface area (Å²) >= 11 is 0. The minimum absolute atomic E-state index is 0.381. The number of hydrogen-bond acceptors (Lipinski definition) is 2. The molecule has 2 aliphatic rings. The van der Waals surface area contributed by atoms with Crippen LogP contribution in [0.4, 0.5) is 0 Å². The van der Waals surface area contributed by atoms with Gasteiger partial charge in [0.05, 0.1) is 0 Å². The standard InChI is InChI=1S/C15H30N2/c1-13(16)14-8-7-11-17(12-14)15-9-5-3-2-4-6-10-15/h13-15H,2-12,16H2,1H3. The number of nitrogens with zero attached hydrogens (tertiary/aromatic N) is 1. The molecule has 1 saturated heterocycles. The molecule has 0 aromatic heterocycles.